The number of benzene rings is 1. The van der Waals surface area contributed by atoms with Crippen LogP contribution in [0.3, 0.4) is 0 Å². The molecule has 0 aliphatic heterocycles. The van der Waals surface area contributed by atoms with Gasteiger partial charge in [-0.2, -0.15) is 0 Å². The summed E-state index contributed by atoms with van der Waals surface area (Å²) in [4.78, 5) is 1.40. The minimum absolute atomic E-state index is 0.825. The van der Waals surface area contributed by atoms with Gasteiger partial charge in [-0.05, 0) is 25.0 Å². The average molecular weight is 194 g/mol. The van der Waals surface area contributed by atoms with E-state index in [0.717, 1.165) is 5.92 Å². The maximum Gasteiger partial charge on any atom is 0.00746 e. The number of hydrogen-bond donors (Lipinski definition) is 0. The summed E-state index contributed by atoms with van der Waals surface area (Å²) in [5.74, 6) is 2.06. The fraction of sp³-hybridized carbons (Fsp3) is 0.500. The minimum Gasteiger partial charge on any atom is -0.126 e. The third kappa shape index (κ3) is 3.86. The summed E-state index contributed by atoms with van der Waals surface area (Å²) >= 11 is 1.97. The van der Waals surface area contributed by atoms with Crippen molar-refractivity contribution in [3.63, 3.8) is 0 Å². The van der Waals surface area contributed by atoms with Crippen LogP contribution in [0, 0.1) is 12.8 Å². The highest BCUT2D eigenvalue weighted by molar-refractivity contribution is 7.99. The van der Waals surface area contributed by atoms with Gasteiger partial charge in [-0.1, -0.05) is 38.0 Å². The molecule has 0 amide bonds. The minimum atomic E-state index is 0.825. The molecule has 1 rings (SSSR count). The molecule has 0 aliphatic carbocycles. The summed E-state index contributed by atoms with van der Waals surface area (Å²) in [5.41, 5.74) is 1.36. The third-order valence-electron chi connectivity index (χ3n) is 2.22. The molecule has 1 heteroatoms. The zero-order valence-electron chi connectivity index (χ0n) is 8.71. The molecule has 0 aromatic heterocycles. The number of thioether (sulfide) groups is 1. The Morgan fingerprint density at radius 1 is 1.38 bits per heavy atom. The molecule has 13 heavy (non-hydrogen) atoms. The van der Waals surface area contributed by atoms with Crippen molar-refractivity contribution in [3.05, 3.63) is 29.8 Å². The molecule has 0 bridgehead atoms. The Kier molecular flexibility index (Phi) is 4.37. The summed E-state index contributed by atoms with van der Waals surface area (Å²) in [6, 6.07) is 8.73. The highest BCUT2D eigenvalue weighted by Crippen LogP contribution is 2.22. The van der Waals surface area contributed by atoms with Gasteiger partial charge in [0.05, 0.1) is 0 Å². The Morgan fingerprint density at radius 3 is 2.77 bits per heavy atom. The summed E-state index contributed by atoms with van der Waals surface area (Å²) < 4.78 is 0. The van der Waals surface area contributed by atoms with Crippen molar-refractivity contribution in [2.24, 2.45) is 5.92 Å². The SMILES string of the molecule is CCC(C)CSc1cccc(C)c1. The average Bonchev–Trinajstić information content (AvgIpc) is 2.14. The number of hydrogen-bond acceptors (Lipinski definition) is 1. The molecule has 0 saturated heterocycles. The van der Waals surface area contributed by atoms with Gasteiger partial charge in [0.25, 0.3) is 0 Å². The molecule has 1 aromatic rings. The van der Waals surface area contributed by atoms with Crippen LogP contribution in [0.5, 0.6) is 0 Å². The summed E-state index contributed by atoms with van der Waals surface area (Å²) in [5, 5.41) is 0. The van der Waals surface area contributed by atoms with Gasteiger partial charge in [0, 0.05) is 10.6 Å². The van der Waals surface area contributed by atoms with Crippen molar-refractivity contribution in [1.29, 1.82) is 0 Å². The lowest BCUT2D eigenvalue weighted by molar-refractivity contribution is 0.637. The van der Waals surface area contributed by atoms with E-state index in [1.807, 2.05) is 11.8 Å². The third-order valence-corrected chi connectivity index (χ3v) is 3.54. The van der Waals surface area contributed by atoms with E-state index in [9.17, 15) is 0 Å². The van der Waals surface area contributed by atoms with Gasteiger partial charge in [0.15, 0.2) is 0 Å². The maximum atomic E-state index is 2.31. The van der Waals surface area contributed by atoms with Gasteiger partial charge in [0.1, 0.15) is 0 Å². The van der Waals surface area contributed by atoms with Crippen LogP contribution >= 0.6 is 11.8 Å². The normalized spacial score (nSPS) is 12.8. The molecule has 0 radical (unpaired) electrons. The van der Waals surface area contributed by atoms with Crippen molar-refractivity contribution in [2.75, 3.05) is 5.75 Å². The number of aryl methyl sites for hydroxylation is 1. The first-order valence-corrected chi connectivity index (χ1v) is 5.90. The van der Waals surface area contributed by atoms with Crippen molar-refractivity contribution >= 4 is 11.8 Å². The van der Waals surface area contributed by atoms with E-state index in [1.165, 1.54) is 22.6 Å². The first-order chi connectivity index (χ1) is 6.22. The molecule has 1 atom stereocenters. The first-order valence-electron chi connectivity index (χ1n) is 4.92. The Hall–Kier alpha value is -0.430. The van der Waals surface area contributed by atoms with Gasteiger partial charge < -0.3 is 0 Å². The van der Waals surface area contributed by atoms with Gasteiger partial charge >= 0.3 is 0 Å². The van der Waals surface area contributed by atoms with Crippen molar-refractivity contribution in [1.82, 2.24) is 0 Å². The Morgan fingerprint density at radius 2 is 2.15 bits per heavy atom. The van der Waals surface area contributed by atoms with Crippen molar-refractivity contribution in [3.8, 4) is 0 Å². The molecule has 0 spiro atoms. The van der Waals surface area contributed by atoms with Crippen LogP contribution in [-0.4, -0.2) is 5.75 Å². The highest BCUT2D eigenvalue weighted by Gasteiger charge is 1.99. The van der Waals surface area contributed by atoms with Gasteiger partial charge in [-0.3, -0.25) is 0 Å². The van der Waals surface area contributed by atoms with Gasteiger partial charge in [-0.25, -0.2) is 0 Å². The number of rotatable bonds is 4. The van der Waals surface area contributed by atoms with Crippen LogP contribution < -0.4 is 0 Å². The van der Waals surface area contributed by atoms with E-state index in [0.29, 0.717) is 0 Å². The van der Waals surface area contributed by atoms with Gasteiger partial charge in [-0.15, -0.1) is 11.8 Å². The van der Waals surface area contributed by atoms with E-state index in [2.05, 4.69) is 45.0 Å². The fourth-order valence-corrected chi connectivity index (χ4v) is 2.22. The standard InChI is InChI=1S/C12H18S/c1-4-10(2)9-13-12-7-5-6-11(3)8-12/h5-8,10H,4,9H2,1-3H3. The lowest BCUT2D eigenvalue weighted by Gasteiger charge is -2.07. The zero-order valence-corrected chi connectivity index (χ0v) is 9.53. The van der Waals surface area contributed by atoms with Crippen molar-refractivity contribution < 1.29 is 0 Å². The molecule has 0 heterocycles. The lowest BCUT2D eigenvalue weighted by Crippen LogP contribution is -1.94. The predicted molar refractivity (Wildman–Crippen MR) is 61.4 cm³/mol. The molecular weight excluding hydrogens is 176 g/mol. The zero-order chi connectivity index (χ0) is 9.68. The highest BCUT2D eigenvalue weighted by atomic mass is 32.2. The summed E-state index contributed by atoms with van der Waals surface area (Å²) in [6.07, 6.45) is 1.28. The summed E-state index contributed by atoms with van der Waals surface area (Å²) in [7, 11) is 0. The molecule has 0 aliphatic rings. The molecule has 1 unspecified atom stereocenters. The molecule has 0 N–H and O–H groups in total. The van der Waals surface area contributed by atoms with E-state index in [1.54, 1.807) is 0 Å². The second-order valence-corrected chi connectivity index (χ2v) is 4.73. The predicted octanol–water partition coefficient (Wildman–Crippen LogP) is 4.13. The summed E-state index contributed by atoms with van der Waals surface area (Å²) in [6.45, 7) is 6.71. The van der Waals surface area contributed by atoms with Crippen LogP contribution in [-0.2, 0) is 0 Å². The van der Waals surface area contributed by atoms with Crippen LogP contribution in [0.2, 0.25) is 0 Å². The first kappa shape index (κ1) is 10.6. The van der Waals surface area contributed by atoms with Crippen molar-refractivity contribution in [2.45, 2.75) is 32.1 Å². The maximum absolute atomic E-state index is 2.31. The largest absolute Gasteiger partial charge is 0.126 e. The quantitative estimate of drug-likeness (QED) is 0.649. The van der Waals surface area contributed by atoms with E-state index >= 15 is 0 Å². The molecule has 72 valence electrons. The molecule has 0 fully saturated rings. The second-order valence-electron chi connectivity index (χ2n) is 3.64. The van der Waals surface area contributed by atoms with Crippen LogP contribution in [0.4, 0.5) is 0 Å². The molecule has 0 saturated carbocycles. The van der Waals surface area contributed by atoms with Crippen LogP contribution in [0.25, 0.3) is 0 Å². The van der Waals surface area contributed by atoms with E-state index in [-0.39, 0.29) is 0 Å². The monoisotopic (exact) mass is 194 g/mol. The molecule has 0 nitrogen and oxygen atoms in total. The fourth-order valence-electron chi connectivity index (χ4n) is 1.06. The Bertz CT molecular complexity index is 255. The molecule has 1 aromatic carbocycles. The van der Waals surface area contributed by atoms with Crippen LogP contribution in [0.15, 0.2) is 29.2 Å². The van der Waals surface area contributed by atoms with E-state index in [4.69, 9.17) is 0 Å². The Labute approximate surface area is 85.7 Å². The van der Waals surface area contributed by atoms with E-state index < -0.39 is 0 Å². The van der Waals surface area contributed by atoms with Crippen LogP contribution in [0.1, 0.15) is 25.8 Å². The Balaban J connectivity index is 2.45. The smallest absolute Gasteiger partial charge is 0.00746 e. The van der Waals surface area contributed by atoms with Gasteiger partial charge in [0.2, 0.25) is 0 Å². The lowest BCUT2D eigenvalue weighted by atomic mass is 10.2. The molecular formula is C12H18S. The second kappa shape index (κ2) is 5.33. The topological polar surface area (TPSA) is 0 Å².